The Kier molecular flexibility index (Phi) is 6.61. The van der Waals surface area contributed by atoms with Crippen molar-refractivity contribution in [1.29, 1.82) is 0 Å². The minimum atomic E-state index is -0.370. The van der Waals surface area contributed by atoms with Crippen LogP contribution in [0.3, 0.4) is 0 Å². The van der Waals surface area contributed by atoms with Gasteiger partial charge in [-0.3, -0.25) is 0 Å². The predicted octanol–water partition coefficient (Wildman–Crippen LogP) is 2.20. The van der Waals surface area contributed by atoms with E-state index in [0.717, 1.165) is 53.1 Å². The molecule has 0 aliphatic carbocycles. The van der Waals surface area contributed by atoms with Gasteiger partial charge in [-0.05, 0) is 25.8 Å². The molecule has 1 aliphatic heterocycles. The van der Waals surface area contributed by atoms with Gasteiger partial charge in [-0.15, -0.1) is 0 Å². The molecule has 0 saturated carbocycles. The Bertz CT molecular complexity index is 1090. The number of ether oxygens (including phenoxy) is 3. The Balaban J connectivity index is 1.76. The fraction of sp³-hybridized carbons (Fsp3) is 0.500. The van der Waals surface area contributed by atoms with E-state index in [2.05, 4.69) is 26.6 Å². The lowest BCUT2D eigenvalue weighted by molar-refractivity contribution is 0.154. The lowest BCUT2D eigenvalue weighted by Gasteiger charge is -2.32. The van der Waals surface area contributed by atoms with Crippen molar-refractivity contribution >= 4 is 16.7 Å². The number of aryl methyl sites for hydroxylation is 1. The number of rotatable bonds is 8. The largest absolute Gasteiger partial charge is 0.493 e. The molecule has 2 N–H and O–H groups in total. The van der Waals surface area contributed by atoms with Crippen LogP contribution in [0, 0.1) is 6.92 Å². The molecule has 10 nitrogen and oxygen atoms in total. The van der Waals surface area contributed by atoms with Crippen molar-refractivity contribution in [1.82, 2.24) is 20.6 Å². The molecule has 1 aromatic carbocycles. The molecule has 1 aliphatic rings. The van der Waals surface area contributed by atoms with Crippen molar-refractivity contribution in [2.24, 2.45) is 0 Å². The molecule has 3 aromatic rings. The van der Waals surface area contributed by atoms with Crippen molar-refractivity contribution in [3.63, 3.8) is 0 Å². The first-order valence-electron chi connectivity index (χ1n) is 10.6. The number of β-amino-alcohol motifs (C(OH)–C–C–N with tert-alkyl or cyclic N) is 1. The highest BCUT2D eigenvalue weighted by atomic mass is 16.6. The van der Waals surface area contributed by atoms with E-state index in [-0.39, 0.29) is 6.10 Å². The van der Waals surface area contributed by atoms with Crippen LogP contribution in [-0.4, -0.2) is 60.9 Å². The van der Waals surface area contributed by atoms with Crippen LogP contribution in [0.25, 0.3) is 10.9 Å². The Labute approximate surface area is 186 Å². The van der Waals surface area contributed by atoms with Gasteiger partial charge in [0, 0.05) is 43.2 Å². The molecule has 0 spiro atoms. The number of pyridine rings is 1. The van der Waals surface area contributed by atoms with E-state index in [4.69, 9.17) is 23.8 Å². The summed E-state index contributed by atoms with van der Waals surface area (Å²) in [5, 5.41) is 22.2. The van der Waals surface area contributed by atoms with Crippen LogP contribution in [0.2, 0.25) is 0 Å². The van der Waals surface area contributed by atoms with Gasteiger partial charge in [0.05, 0.1) is 33.0 Å². The smallest absolute Gasteiger partial charge is 0.204 e. The van der Waals surface area contributed by atoms with E-state index >= 15 is 0 Å². The molecule has 1 fully saturated rings. The predicted molar refractivity (Wildman–Crippen MR) is 118 cm³/mol. The van der Waals surface area contributed by atoms with Crippen molar-refractivity contribution in [2.45, 2.75) is 39.0 Å². The quantitative estimate of drug-likeness (QED) is 0.537. The molecule has 172 valence electrons. The second kappa shape index (κ2) is 9.58. The van der Waals surface area contributed by atoms with E-state index in [0.29, 0.717) is 36.9 Å². The third-order valence-electron chi connectivity index (χ3n) is 5.73. The Morgan fingerprint density at radius 3 is 2.59 bits per heavy atom. The van der Waals surface area contributed by atoms with Gasteiger partial charge in [0.1, 0.15) is 17.2 Å². The van der Waals surface area contributed by atoms with Crippen LogP contribution in [0.4, 0.5) is 5.82 Å². The number of benzene rings is 1. The molecule has 3 heterocycles. The van der Waals surface area contributed by atoms with Gasteiger partial charge in [-0.2, -0.15) is 0 Å². The van der Waals surface area contributed by atoms with E-state index in [1.807, 2.05) is 13.0 Å². The number of anilines is 1. The molecule has 1 saturated heterocycles. The Morgan fingerprint density at radius 1 is 1.12 bits per heavy atom. The maximum absolute atomic E-state index is 10.2. The van der Waals surface area contributed by atoms with Crippen LogP contribution in [-0.2, 0) is 13.1 Å². The van der Waals surface area contributed by atoms with Crippen LogP contribution in [0.15, 0.2) is 16.8 Å². The first kappa shape index (κ1) is 22.1. The average Bonchev–Trinajstić information content (AvgIpc) is 3.21. The number of aliphatic hydroxyl groups is 1. The standard InChI is InChI=1S/C22H29N5O5/c1-13-18(26-32-25-13)11-23-10-14-8-16-17(9-19(29-2)21(31-4)20(16)30-3)24-22(14)27-7-5-6-15(28)12-27/h8-9,15,23,28H,5-7,10-12H2,1-4H3/t15-/m1/s1. The summed E-state index contributed by atoms with van der Waals surface area (Å²) in [7, 11) is 4.77. The SMILES string of the molecule is COc1cc2nc(N3CCC[C@@H](O)C3)c(CNCc3nonc3C)cc2c(OC)c1OC. The molecule has 10 heteroatoms. The fourth-order valence-electron chi connectivity index (χ4n) is 4.10. The highest BCUT2D eigenvalue weighted by Gasteiger charge is 2.24. The van der Waals surface area contributed by atoms with E-state index < -0.39 is 0 Å². The van der Waals surface area contributed by atoms with Crippen molar-refractivity contribution in [3.05, 3.63) is 29.1 Å². The van der Waals surface area contributed by atoms with Gasteiger partial charge < -0.3 is 29.5 Å². The van der Waals surface area contributed by atoms with Crippen molar-refractivity contribution in [2.75, 3.05) is 39.3 Å². The number of aliphatic hydroxyl groups excluding tert-OH is 1. The average molecular weight is 444 g/mol. The summed E-state index contributed by atoms with van der Waals surface area (Å²) in [6.45, 7) is 4.28. The van der Waals surface area contributed by atoms with Crippen LogP contribution in [0.1, 0.15) is 29.8 Å². The minimum absolute atomic E-state index is 0.370. The number of nitrogens with one attached hydrogen (secondary N) is 1. The third-order valence-corrected chi connectivity index (χ3v) is 5.73. The number of hydrogen-bond donors (Lipinski definition) is 2. The van der Waals surface area contributed by atoms with Crippen LogP contribution in [0.5, 0.6) is 17.2 Å². The first-order valence-corrected chi connectivity index (χ1v) is 10.6. The molecule has 0 radical (unpaired) electrons. The zero-order valence-corrected chi connectivity index (χ0v) is 18.8. The summed E-state index contributed by atoms with van der Waals surface area (Å²) in [6.07, 6.45) is 1.34. The number of piperidine rings is 1. The van der Waals surface area contributed by atoms with Crippen LogP contribution >= 0.6 is 0 Å². The molecule has 32 heavy (non-hydrogen) atoms. The molecular formula is C22H29N5O5. The molecular weight excluding hydrogens is 414 g/mol. The van der Waals surface area contributed by atoms with Gasteiger partial charge in [0.25, 0.3) is 0 Å². The lowest BCUT2D eigenvalue weighted by atomic mass is 10.1. The summed E-state index contributed by atoms with van der Waals surface area (Å²) in [4.78, 5) is 7.11. The number of methoxy groups -OCH3 is 3. The zero-order valence-electron chi connectivity index (χ0n) is 18.8. The number of aromatic nitrogens is 3. The molecule has 4 rings (SSSR count). The highest BCUT2D eigenvalue weighted by molar-refractivity contribution is 5.92. The van der Waals surface area contributed by atoms with Crippen molar-refractivity contribution < 1.29 is 23.9 Å². The third kappa shape index (κ3) is 4.28. The normalized spacial score (nSPS) is 16.4. The van der Waals surface area contributed by atoms with Gasteiger partial charge >= 0.3 is 0 Å². The summed E-state index contributed by atoms with van der Waals surface area (Å²) in [5.41, 5.74) is 3.23. The Hall–Kier alpha value is -3.11. The minimum Gasteiger partial charge on any atom is -0.493 e. The molecule has 0 amide bonds. The van der Waals surface area contributed by atoms with Gasteiger partial charge in [-0.1, -0.05) is 10.3 Å². The zero-order chi connectivity index (χ0) is 22.7. The van der Waals surface area contributed by atoms with Gasteiger partial charge in [-0.25, -0.2) is 9.61 Å². The van der Waals surface area contributed by atoms with Gasteiger partial charge in [0.2, 0.25) is 5.75 Å². The topological polar surface area (TPSA) is 115 Å². The van der Waals surface area contributed by atoms with E-state index in [1.54, 1.807) is 21.3 Å². The summed E-state index contributed by atoms with van der Waals surface area (Å²) >= 11 is 0. The molecule has 2 aromatic heterocycles. The van der Waals surface area contributed by atoms with Gasteiger partial charge in [0.15, 0.2) is 11.5 Å². The van der Waals surface area contributed by atoms with E-state index in [9.17, 15) is 5.11 Å². The molecule has 0 bridgehead atoms. The number of nitrogens with zero attached hydrogens (tertiary/aromatic N) is 4. The number of hydrogen-bond acceptors (Lipinski definition) is 10. The van der Waals surface area contributed by atoms with Crippen LogP contribution < -0.4 is 24.4 Å². The molecule has 0 unspecified atom stereocenters. The molecule has 1 atom stereocenters. The second-order valence-electron chi connectivity index (χ2n) is 7.83. The van der Waals surface area contributed by atoms with E-state index in [1.165, 1.54) is 0 Å². The monoisotopic (exact) mass is 443 g/mol. The second-order valence-corrected chi connectivity index (χ2v) is 7.83. The Morgan fingerprint density at radius 2 is 1.94 bits per heavy atom. The maximum Gasteiger partial charge on any atom is 0.204 e. The van der Waals surface area contributed by atoms with Crippen molar-refractivity contribution in [3.8, 4) is 17.2 Å². The maximum atomic E-state index is 10.2. The fourth-order valence-corrected chi connectivity index (χ4v) is 4.10. The summed E-state index contributed by atoms with van der Waals surface area (Å²) in [5.74, 6) is 2.47. The summed E-state index contributed by atoms with van der Waals surface area (Å²) in [6, 6.07) is 3.91. The summed E-state index contributed by atoms with van der Waals surface area (Å²) < 4.78 is 21.5. The highest BCUT2D eigenvalue weighted by Crippen LogP contribution is 2.44. The first-order chi connectivity index (χ1) is 15.5. The number of fused-ring (bicyclic) bond motifs is 1. The lowest BCUT2D eigenvalue weighted by Crippen LogP contribution is -2.39.